The second-order valence-corrected chi connectivity index (χ2v) is 6.51. The molecule has 0 bridgehead atoms. The largest absolute Gasteiger partial charge is 0.370 e. The van der Waals surface area contributed by atoms with E-state index in [1.807, 2.05) is 6.08 Å². The fourth-order valence-electron chi connectivity index (χ4n) is 4.36. The Bertz CT molecular complexity index is 356. The zero-order valence-corrected chi connectivity index (χ0v) is 11.3. The molecule has 2 saturated carbocycles. The summed E-state index contributed by atoms with van der Waals surface area (Å²) >= 11 is 0. The number of hydrogen-bond donors (Lipinski definition) is 1. The predicted molar refractivity (Wildman–Crippen MR) is 75.5 cm³/mol. The van der Waals surface area contributed by atoms with Crippen LogP contribution in [0, 0.1) is 5.41 Å². The molecule has 0 atom stereocenters. The maximum atomic E-state index is 6.04. The van der Waals surface area contributed by atoms with E-state index in [1.165, 1.54) is 51.4 Å². The van der Waals surface area contributed by atoms with Crippen molar-refractivity contribution in [1.29, 1.82) is 0 Å². The van der Waals surface area contributed by atoms with Crippen molar-refractivity contribution in [1.82, 2.24) is 4.90 Å². The molecule has 3 nitrogen and oxygen atoms in total. The van der Waals surface area contributed by atoms with Gasteiger partial charge in [-0.3, -0.25) is 4.99 Å². The van der Waals surface area contributed by atoms with E-state index >= 15 is 0 Å². The highest BCUT2D eigenvalue weighted by Crippen LogP contribution is 2.53. The monoisotopic (exact) mass is 247 g/mol. The van der Waals surface area contributed by atoms with Gasteiger partial charge in [-0.2, -0.15) is 0 Å². The van der Waals surface area contributed by atoms with Crippen LogP contribution in [0.1, 0.15) is 51.4 Å². The first-order valence-electron chi connectivity index (χ1n) is 7.38. The molecule has 18 heavy (non-hydrogen) atoms. The number of rotatable bonds is 2. The lowest BCUT2D eigenvalue weighted by Gasteiger charge is -2.47. The van der Waals surface area contributed by atoms with Gasteiger partial charge < -0.3 is 10.6 Å². The summed E-state index contributed by atoms with van der Waals surface area (Å²) in [4.78, 5) is 6.81. The quantitative estimate of drug-likeness (QED) is 0.762. The molecule has 3 heteroatoms. The lowest BCUT2D eigenvalue weighted by Crippen LogP contribution is -2.54. The molecular weight excluding hydrogens is 222 g/mol. The highest BCUT2D eigenvalue weighted by atomic mass is 15.4. The number of nitrogens with two attached hydrogens (primary N) is 1. The summed E-state index contributed by atoms with van der Waals surface area (Å²) in [5.41, 5.74) is 6.95. The summed E-state index contributed by atoms with van der Waals surface area (Å²) < 4.78 is 0. The summed E-state index contributed by atoms with van der Waals surface area (Å²) in [6, 6.07) is 0. The minimum Gasteiger partial charge on any atom is -0.370 e. The van der Waals surface area contributed by atoms with Gasteiger partial charge in [-0.1, -0.05) is 18.9 Å². The Labute approximate surface area is 110 Å². The number of hydrogen-bond acceptors (Lipinski definition) is 3. The Morgan fingerprint density at radius 3 is 2.44 bits per heavy atom. The number of nitrogens with zero attached hydrogens (tertiary/aromatic N) is 2. The van der Waals surface area contributed by atoms with E-state index in [-0.39, 0.29) is 5.54 Å². The average molecular weight is 247 g/mol. The Morgan fingerprint density at radius 1 is 1.17 bits per heavy atom. The first kappa shape index (κ1) is 12.1. The van der Waals surface area contributed by atoms with Gasteiger partial charge >= 0.3 is 0 Å². The van der Waals surface area contributed by atoms with Crippen molar-refractivity contribution in [3.8, 4) is 0 Å². The molecule has 2 fully saturated rings. The van der Waals surface area contributed by atoms with Crippen LogP contribution in [0.5, 0.6) is 0 Å². The highest BCUT2D eigenvalue weighted by Gasteiger charge is 2.48. The molecule has 0 radical (unpaired) electrons. The van der Waals surface area contributed by atoms with Crippen molar-refractivity contribution in [3.05, 3.63) is 12.7 Å². The third-order valence-corrected chi connectivity index (χ3v) is 5.60. The van der Waals surface area contributed by atoms with Crippen LogP contribution in [0.15, 0.2) is 17.6 Å². The molecule has 0 unspecified atom stereocenters. The average Bonchev–Trinajstić information content (AvgIpc) is 2.95. The lowest BCUT2D eigenvalue weighted by atomic mass is 9.66. The van der Waals surface area contributed by atoms with E-state index in [1.54, 1.807) is 0 Å². The van der Waals surface area contributed by atoms with Crippen LogP contribution < -0.4 is 5.73 Å². The van der Waals surface area contributed by atoms with Gasteiger partial charge in [-0.05, 0) is 43.9 Å². The van der Waals surface area contributed by atoms with E-state index in [4.69, 9.17) is 5.73 Å². The molecule has 2 spiro atoms. The van der Waals surface area contributed by atoms with Crippen LogP contribution in [0.25, 0.3) is 0 Å². The van der Waals surface area contributed by atoms with Crippen molar-refractivity contribution < 1.29 is 0 Å². The second-order valence-electron chi connectivity index (χ2n) is 6.51. The highest BCUT2D eigenvalue weighted by molar-refractivity contribution is 5.81. The topological polar surface area (TPSA) is 41.6 Å². The first-order valence-corrected chi connectivity index (χ1v) is 7.38. The van der Waals surface area contributed by atoms with Crippen molar-refractivity contribution in [2.75, 3.05) is 13.1 Å². The SMILES string of the molecule is C=CCN1C(N)=NCC12CCC1(CCCC1)CC2. The van der Waals surface area contributed by atoms with Crippen LogP contribution >= 0.6 is 0 Å². The van der Waals surface area contributed by atoms with Crippen LogP contribution in [0.2, 0.25) is 0 Å². The third-order valence-electron chi connectivity index (χ3n) is 5.60. The fourth-order valence-corrected chi connectivity index (χ4v) is 4.36. The van der Waals surface area contributed by atoms with Gasteiger partial charge in [0.2, 0.25) is 0 Å². The molecule has 0 aromatic rings. The molecule has 100 valence electrons. The van der Waals surface area contributed by atoms with Gasteiger partial charge in [0.25, 0.3) is 0 Å². The third kappa shape index (κ3) is 1.75. The smallest absolute Gasteiger partial charge is 0.192 e. The van der Waals surface area contributed by atoms with Crippen LogP contribution in [0.3, 0.4) is 0 Å². The van der Waals surface area contributed by atoms with Gasteiger partial charge in [0.1, 0.15) is 0 Å². The second kappa shape index (κ2) is 4.29. The summed E-state index contributed by atoms with van der Waals surface area (Å²) in [7, 11) is 0. The number of guanidine groups is 1. The van der Waals surface area contributed by atoms with Gasteiger partial charge in [0.15, 0.2) is 5.96 Å². The maximum absolute atomic E-state index is 6.04. The zero-order chi connectivity index (χ0) is 12.6. The Balaban J connectivity index is 1.72. The molecular formula is C15H25N3. The Hall–Kier alpha value is -0.990. The van der Waals surface area contributed by atoms with Crippen molar-refractivity contribution in [2.45, 2.75) is 56.9 Å². The Kier molecular flexibility index (Phi) is 2.87. The molecule has 0 amide bonds. The Morgan fingerprint density at radius 2 is 1.83 bits per heavy atom. The van der Waals surface area contributed by atoms with Crippen LogP contribution in [0.4, 0.5) is 0 Å². The maximum Gasteiger partial charge on any atom is 0.192 e. The minimum atomic E-state index is 0.228. The van der Waals surface area contributed by atoms with Crippen molar-refractivity contribution >= 4 is 5.96 Å². The van der Waals surface area contributed by atoms with Crippen molar-refractivity contribution in [3.63, 3.8) is 0 Å². The summed E-state index contributed by atoms with van der Waals surface area (Å²) in [6.45, 7) is 5.61. The zero-order valence-electron chi connectivity index (χ0n) is 11.3. The van der Waals surface area contributed by atoms with Gasteiger partial charge in [0.05, 0.1) is 12.1 Å². The standard InChI is InChI=1S/C15H25N3/c1-2-11-18-13(16)17-12-15(18)9-7-14(8-10-15)5-3-4-6-14/h2H,1,3-12H2,(H2,16,17). The van der Waals surface area contributed by atoms with Gasteiger partial charge in [-0.15, -0.1) is 6.58 Å². The molecule has 2 N–H and O–H groups in total. The fraction of sp³-hybridized carbons (Fsp3) is 0.800. The van der Waals surface area contributed by atoms with Crippen LogP contribution in [-0.4, -0.2) is 29.5 Å². The molecule has 0 aromatic heterocycles. The van der Waals surface area contributed by atoms with E-state index in [9.17, 15) is 0 Å². The van der Waals surface area contributed by atoms with E-state index in [0.717, 1.165) is 19.0 Å². The first-order chi connectivity index (χ1) is 8.70. The van der Waals surface area contributed by atoms with Crippen molar-refractivity contribution in [2.24, 2.45) is 16.1 Å². The number of aliphatic imine (C=N–C) groups is 1. The minimum absolute atomic E-state index is 0.228. The van der Waals surface area contributed by atoms with Crippen LogP contribution in [-0.2, 0) is 0 Å². The molecule has 1 heterocycles. The summed E-state index contributed by atoms with van der Waals surface area (Å²) in [5.74, 6) is 0.734. The van der Waals surface area contributed by atoms with E-state index in [0.29, 0.717) is 5.41 Å². The molecule has 1 aliphatic heterocycles. The normalized spacial score (nSPS) is 28.9. The molecule has 3 aliphatic rings. The van der Waals surface area contributed by atoms with Gasteiger partial charge in [0, 0.05) is 6.54 Å². The van der Waals surface area contributed by atoms with E-state index in [2.05, 4.69) is 16.5 Å². The molecule has 3 rings (SSSR count). The molecule has 0 saturated heterocycles. The predicted octanol–water partition coefficient (Wildman–Crippen LogP) is 2.68. The van der Waals surface area contributed by atoms with E-state index < -0.39 is 0 Å². The molecule has 0 aromatic carbocycles. The van der Waals surface area contributed by atoms with Gasteiger partial charge in [-0.25, -0.2) is 0 Å². The summed E-state index contributed by atoms with van der Waals surface area (Å²) in [6.07, 6.45) is 13.1. The molecule has 2 aliphatic carbocycles. The lowest BCUT2D eigenvalue weighted by molar-refractivity contribution is 0.0725. The summed E-state index contributed by atoms with van der Waals surface area (Å²) in [5, 5.41) is 0.